The average molecular weight is 266 g/mol. The lowest BCUT2D eigenvalue weighted by molar-refractivity contribution is -0.216. The molecule has 0 radical (unpaired) electrons. The highest BCUT2D eigenvalue weighted by Crippen LogP contribution is 2.59. The molecule has 4 heteroatoms. The van der Waals surface area contributed by atoms with Crippen molar-refractivity contribution in [1.82, 2.24) is 0 Å². The Bertz CT molecular complexity index is 445. The first-order chi connectivity index (χ1) is 8.82. The van der Waals surface area contributed by atoms with Crippen molar-refractivity contribution in [3.8, 4) is 0 Å². The Labute approximate surface area is 113 Å². The number of ether oxygens (including phenoxy) is 1. The standard InChI is InChI=1S/C15H22O4/c1-8-4-5-11(16)14(3)7-6-10-9(2)13(17)19-12(10)15(8,14)18/h9-12,16,18H,1,4-7H2,2-3H3/t9-,10-,11+,12-,14-,15+/m0/s1. The van der Waals surface area contributed by atoms with E-state index in [9.17, 15) is 15.0 Å². The smallest absolute Gasteiger partial charge is 0.309 e. The molecular formula is C15H22O4. The first kappa shape index (κ1) is 13.1. The highest BCUT2D eigenvalue weighted by molar-refractivity contribution is 5.75. The zero-order chi connectivity index (χ0) is 14.0. The molecule has 0 aromatic heterocycles. The predicted octanol–water partition coefficient (Wildman–Crippen LogP) is 1.41. The van der Waals surface area contributed by atoms with E-state index in [-0.39, 0.29) is 17.8 Å². The van der Waals surface area contributed by atoms with Crippen molar-refractivity contribution >= 4 is 5.97 Å². The molecule has 0 aromatic carbocycles. The topological polar surface area (TPSA) is 66.8 Å². The highest BCUT2D eigenvalue weighted by Gasteiger charge is 2.67. The Balaban J connectivity index is 2.08. The molecule has 6 atom stereocenters. The molecule has 0 amide bonds. The molecule has 1 heterocycles. The van der Waals surface area contributed by atoms with Gasteiger partial charge in [0.15, 0.2) is 0 Å². The summed E-state index contributed by atoms with van der Waals surface area (Å²) in [6, 6.07) is 0. The van der Waals surface area contributed by atoms with Crippen LogP contribution in [0.15, 0.2) is 12.2 Å². The van der Waals surface area contributed by atoms with Gasteiger partial charge < -0.3 is 14.9 Å². The fraction of sp³-hybridized carbons (Fsp3) is 0.800. The lowest BCUT2D eigenvalue weighted by Crippen LogP contribution is -2.67. The van der Waals surface area contributed by atoms with Gasteiger partial charge in [-0.1, -0.05) is 20.4 Å². The number of carbonyl (C=O) groups is 1. The maximum Gasteiger partial charge on any atom is 0.309 e. The summed E-state index contributed by atoms with van der Waals surface area (Å²) in [5.41, 5.74) is -1.24. The van der Waals surface area contributed by atoms with Gasteiger partial charge in [0.05, 0.1) is 12.0 Å². The average Bonchev–Trinajstić information content (AvgIpc) is 2.66. The molecule has 2 saturated carbocycles. The molecule has 106 valence electrons. The first-order valence-corrected chi connectivity index (χ1v) is 7.11. The largest absolute Gasteiger partial charge is 0.458 e. The van der Waals surface area contributed by atoms with Crippen LogP contribution in [-0.4, -0.2) is 34.0 Å². The molecule has 1 aliphatic heterocycles. The van der Waals surface area contributed by atoms with Crippen LogP contribution in [0.3, 0.4) is 0 Å². The molecule has 2 aliphatic carbocycles. The van der Waals surface area contributed by atoms with Crippen LogP contribution in [0.25, 0.3) is 0 Å². The third-order valence-electron chi connectivity index (χ3n) is 5.92. The second-order valence-corrected chi connectivity index (χ2v) is 6.69. The van der Waals surface area contributed by atoms with E-state index in [1.54, 1.807) is 0 Å². The Kier molecular flexibility index (Phi) is 2.64. The molecule has 3 aliphatic rings. The summed E-state index contributed by atoms with van der Waals surface area (Å²) in [5, 5.41) is 21.6. The van der Waals surface area contributed by atoms with Crippen LogP contribution < -0.4 is 0 Å². The van der Waals surface area contributed by atoms with Gasteiger partial charge in [0.25, 0.3) is 0 Å². The molecule has 0 spiro atoms. The molecule has 0 bridgehead atoms. The zero-order valence-corrected chi connectivity index (χ0v) is 11.6. The van der Waals surface area contributed by atoms with Crippen molar-refractivity contribution in [2.75, 3.05) is 0 Å². The van der Waals surface area contributed by atoms with Crippen molar-refractivity contribution in [3.05, 3.63) is 12.2 Å². The number of esters is 1. The Morgan fingerprint density at radius 1 is 1.42 bits per heavy atom. The molecule has 0 aromatic rings. The molecule has 3 rings (SSSR count). The van der Waals surface area contributed by atoms with E-state index in [1.165, 1.54) is 0 Å². The van der Waals surface area contributed by atoms with Crippen LogP contribution in [0.1, 0.15) is 39.5 Å². The number of hydrogen-bond donors (Lipinski definition) is 2. The summed E-state index contributed by atoms with van der Waals surface area (Å²) in [7, 11) is 0. The fourth-order valence-corrected chi connectivity index (χ4v) is 4.38. The van der Waals surface area contributed by atoms with Gasteiger partial charge in [-0.05, 0) is 31.3 Å². The molecule has 2 N–H and O–H groups in total. The molecule has 19 heavy (non-hydrogen) atoms. The van der Waals surface area contributed by atoms with E-state index < -0.39 is 23.2 Å². The van der Waals surface area contributed by atoms with Crippen LogP contribution in [0.2, 0.25) is 0 Å². The lowest BCUT2D eigenvalue weighted by atomic mass is 9.51. The third kappa shape index (κ3) is 1.39. The van der Waals surface area contributed by atoms with E-state index in [4.69, 9.17) is 4.74 Å². The first-order valence-electron chi connectivity index (χ1n) is 7.11. The Hall–Kier alpha value is -0.870. The number of fused-ring (bicyclic) bond motifs is 3. The summed E-state index contributed by atoms with van der Waals surface area (Å²) in [4.78, 5) is 11.8. The third-order valence-corrected chi connectivity index (χ3v) is 5.92. The molecule has 1 saturated heterocycles. The lowest BCUT2D eigenvalue weighted by Gasteiger charge is -2.58. The molecule has 3 fully saturated rings. The van der Waals surface area contributed by atoms with Gasteiger partial charge in [-0.3, -0.25) is 4.79 Å². The van der Waals surface area contributed by atoms with E-state index >= 15 is 0 Å². The summed E-state index contributed by atoms with van der Waals surface area (Å²) in [6.45, 7) is 7.77. The van der Waals surface area contributed by atoms with Gasteiger partial charge >= 0.3 is 5.97 Å². The summed E-state index contributed by atoms with van der Waals surface area (Å²) in [5.74, 6) is -0.376. The van der Waals surface area contributed by atoms with Crippen LogP contribution in [-0.2, 0) is 9.53 Å². The maximum atomic E-state index is 11.8. The minimum absolute atomic E-state index is 0.0348. The Morgan fingerprint density at radius 2 is 2.11 bits per heavy atom. The van der Waals surface area contributed by atoms with Crippen molar-refractivity contribution < 1.29 is 19.7 Å². The van der Waals surface area contributed by atoms with Gasteiger partial charge in [-0.15, -0.1) is 0 Å². The second kappa shape index (κ2) is 3.83. The second-order valence-electron chi connectivity index (χ2n) is 6.69. The van der Waals surface area contributed by atoms with Gasteiger partial charge in [0, 0.05) is 11.3 Å². The fourth-order valence-electron chi connectivity index (χ4n) is 4.38. The van der Waals surface area contributed by atoms with E-state index in [1.807, 2.05) is 13.8 Å². The molecule has 4 nitrogen and oxygen atoms in total. The normalized spacial score (nSPS) is 53.5. The quantitative estimate of drug-likeness (QED) is 0.514. The minimum atomic E-state index is -1.28. The van der Waals surface area contributed by atoms with Gasteiger partial charge in [-0.2, -0.15) is 0 Å². The number of aliphatic hydroxyl groups excluding tert-OH is 1. The van der Waals surface area contributed by atoms with Crippen LogP contribution >= 0.6 is 0 Å². The van der Waals surface area contributed by atoms with Crippen LogP contribution in [0.4, 0.5) is 0 Å². The summed E-state index contributed by atoms with van der Waals surface area (Å²) >= 11 is 0. The number of aliphatic hydroxyl groups is 2. The van der Waals surface area contributed by atoms with Crippen LogP contribution in [0.5, 0.6) is 0 Å². The summed E-state index contributed by atoms with van der Waals surface area (Å²) < 4.78 is 5.47. The van der Waals surface area contributed by atoms with Gasteiger partial charge in [0.1, 0.15) is 11.7 Å². The summed E-state index contributed by atoms with van der Waals surface area (Å²) in [6.07, 6.45) is 1.60. The van der Waals surface area contributed by atoms with Crippen molar-refractivity contribution in [2.45, 2.75) is 57.3 Å². The number of carbonyl (C=O) groups excluding carboxylic acids is 1. The van der Waals surface area contributed by atoms with Crippen molar-refractivity contribution in [1.29, 1.82) is 0 Å². The SMILES string of the molecule is C=C1CC[C@@H](O)[C@]2(C)CC[C@H]3[C@H](C)C(=O)O[C@@H]3[C@]12O. The Morgan fingerprint density at radius 3 is 2.79 bits per heavy atom. The highest BCUT2D eigenvalue weighted by atomic mass is 16.6. The van der Waals surface area contributed by atoms with Crippen molar-refractivity contribution in [2.24, 2.45) is 17.3 Å². The van der Waals surface area contributed by atoms with Gasteiger partial charge in [0.2, 0.25) is 0 Å². The zero-order valence-electron chi connectivity index (χ0n) is 11.6. The molecular weight excluding hydrogens is 244 g/mol. The monoisotopic (exact) mass is 266 g/mol. The maximum absolute atomic E-state index is 11.8. The number of hydrogen-bond acceptors (Lipinski definition) is 4. The van der Waals surface area contributed by atoms with Gasteiger partial charge in [-0.25, -0.2) is 0 Å². The minimum Gasteiger partial charge on any atom is -0.458 e. The molecule has 0 unspecified atom stereocenters. The van der Waals surface area contributed by atoms with E-state index in [0.717, 1.165) is 6.42 Å². The van der Waals surface area contributed by atoms with Crippen LogP contribution in [0, 0.1) is 17.3 Å². The predicted molar refractivity (Wildman–Crippen MR) is 69.2 cm³/mol. The van der Waals surface area contributed by atoms with Crippen molar-refractivity contribution in [3.63, 3.8) is 0 Å². The van der Waals surface area contributed by atoms with E-state index in [0.29, 0.717) is 24.8 Å². The number of rotatable bonds is 0. The van der Waals surface area contributed by atoms with E-state index in [2.05, 4.69) is 6.58 Å².